The van der Waals surface area contributed by atoms with Gasteiger partial charge in [0.25, 0.3) is 0 Å². The van der Waals surface area contributed by atoms with E-state index >= 15 is 0 Å². The molecule has 3 aromatic rings. The molecule has 2 aromatic carbocycles. The number of aromatic nitrogens is 3. The van der Waals surface area contributed by atoms with Crippen LogP contribution in [0.15, 0.2) is 36.4 Å². The molecule has 0 spiro atoms. The Morgan fingerprint density at radius 3 is 2.38 bits per heavy atom. The molecular formula is C27H31ClF3N5O. The Morgan fingerprint density at radius 2 is 1.78 bits per heavy atom. The zero-order valence-electron chi connectivity index (χ0n) is 21.4. The van der Waals surface area contributed by atoms with Gasteiger partial charge in [0.2, 0.25) is 0 Å². The van der Waals surface area contributed by atoms with Crippen LogP contribution in [0.5, 0.6) is 0 Å². The van der Waals surface area contributed by atoms with Crippen LogP contribution in [0.1, 0.15) is 77.7 Å². The number of hydrogen-bond donors (Lipinski definition) is 1. The van der Waals surface area contributed by atoms with Crippen LogP contribution in [-0.4, -0.2) is 32.2 Å². The van der Waals surface area contributed by atoms with Crippen molar-refractivity contribution in [2.75, 3.05) is 6.54 Å². The molecule has 10 heteroatoms. The van der Waals surface area contributed by atoms with Gasteiger partial charge in [0.05, 0.1) is 24.2 Å². The van der Waals surface area contributed by atoms with Crippen molar-refractivity contribution in [1.29, 1.82) is 0 Å². The lowest BCUT2D eigenvalue weighted by atomic mass is 9.92. The molecule has 2 atom stereocenters. The molecule has 4 rings (SSSR count). The van der Waals surface area contributed by atoms with Gasteiger partial charge in [-0.3, -0.25) is 0 Å². The SMILES string of the molecule is CC[C@H](NC(=O)N1CCC[C@@H]1c1nnc(C)n1Cc1ccc(Cl)cc1)c1c(C)cc(C(F)(F)F)cc1C. The zero-order chi connectivity index (χ0) is 26.9. The quantitative estimate of drug-likeness (QED) is 0.374. The molecular weight excluding hydrogens is 503 g/mol. The fourth-order valence-electron chi connectivity index (χ4n) is 5.19. The second-order valence-electron chi connectivity index (χ2n) is 9.60. The summed E-state index contributed by atoms with van der Waals surface area (Å²) in [5.74, 6) is 1.47. The number of hydrogen-bond acceptors (Lipinski definition) is 3. The van der Waals surface area contributed by atoms with Gasteiger partial charge in [-0.25, -0.2) is 4.79 Å². The summed E-state index contributed by atoms with van der Waals surface area (Å²) in [6, 6.07) is 8.95. The predicted molar refractivity (Wildman–Crippen MR) is 136 cm³/mol. The van der Waals surface area contributed by atoms with Crippen molar-refractivity contribution in [2.24, 2.45) is 0 Å². The van der Waals surface area contributed by atoms with E-state index in [0.717, 1.165) is 47.8 Å². The molecule has 1 saturated heterocycles. The van der Waals surface area contributed by atoms with Crippen molar-refractivity contribution in [2.45, 2.75) is 71.8 Å². The number of nitrogens with zero attached hydrogens (tertiary/aromatic N) is 4. The van der Waals surface area contributed by atoms with E-state index in [4.69, 9.17) is 11.6 Å². The predicted octanol–water partition coefficient (Wildman–Crippen LogP) is 6.92. The van der Waals surface area contributed by atoms with Crippen LogP contribution < -0.4 is 5.32 Å². The summed E-state index contributed by atoms with van der Waals surface area (Å²) in [5, 5.41) is 12.4. The molecule has 1 aromatic heterocycles. The Labute approximate surface area is 219 Å². The van der Waals surface area contributed by atoms with E-state index in [1.807, 2.05) is 42.7 Å². The first kappa shape index (κ1) is 27.0. The van der Waals surface area contributed by atoms with Crippen LogP contribution in [0.25, 0.3) is 0 Å². The Morgan fingerprint density at radius 1 is 1.14 bits per heavy atom. The highest BCUT2D eigenvalue weighted by atomic mass is 35.5. The molecule has 37 heavy (non-hydrogen) atoms. The average Bonchev–Trinajstić information content (AvgIpc) is 3.45. The molecule has 0 radical (unpaired) electrons. The van der Waals surface area contributed by atoms with Crippen LogP contribution in [0, 0.1) is 20.8 Å². The summed E-state index contributed by atoms with van der Waals surface area (Å²) < 4.78 is 41.8. The van der Waals surface area contributed by atoms with Crippen molar-refractivity contribution in [1.82, 2.24) is 25.0 Å². The van der Waals surface area contributed by atoms with Crippen LogP contribution in [0.2, 0.25) is 5.02 Å². The summed E-state index contributed by atoms with van der Waals surface area (Å²) in [7, 11) is 0. The molecule has 1 aliphatic heterocycles. The summed E-state index contributed by atoms with van der Waals surface area (Å²) in [5.41, 5.74) is 2.11. The van der Waals surface area contributed by atoms with Gasteiger partial charge in [0, 0.05) is 11.6 Å². The van der Waals surface area contributed by atoms with Crippen LogP contribution in [0.4, 0.5) is 18.0 Å². The van der Waals surface area contributed by atoms with E-state index in [9.17, 15) is 18.0 Å². The topological polar surface area (TPSA) is 63.1 Å². The Kier molecular flexibility index (Phi) is 7.83. The van der Waals surface area contributed by atoms with E-state index in [2.05, 4.69) is 15.5 Å². The lowest BCUT2D eigenvalue weighted by Crippen LogP contribution is -2.42. The molecule has 1 fully saturated rings. The summed E-state index contributed by atoms with van der Waals surface area (Å²) in [4.78, 5) is 15.3. The van der Waals surface area contributed by atoms with Gasteiger partial charge in [-0.1, -0.05) is 30.7 Å². The number of nitrogens with one attached hydrogen (secondary N) is 1. The van der Waals surface area contributed by atoms with Crippen molar-refractivity contribution >= 4 is 17.6 Å². The maximum Gasteiger partial charge on any atom is 0.416 e. The van der Waals surface area contributed by atoms with Crippen molar-refractivity contribution in [3.63, 3.8) is 0 Å². The number of rotatable bonds is 6. The van der Waals surface area contributed by atoms with Gasteiger partial charge in [-0.2, -0.15) is 13.2 Å². The summed E-state index contributed by atoms with van der Waals surface area (Å²) in [6.07, 6.45) is -2.30. The minimum atomic E-state index is -4.41. The largest absolute Gasteiger partial charge is 0.416 e. The number of aryl methyl sites for hydroxylation is 3. The van der Waals surface area contributed by atoms with Crippen LogP contribution in [-0.2, 0) is 12.7 Å². The third-order valence-electron chi connectivity index (χ3n) is 7.01. The molecule has 6 nitrogen and oxygen atoms in total. The van der Waals surface area contributed by atoms with Crippen molar-refractivity contribution in [3.8, 4) is 0 Å². The van der Waals surface area contributed by atoms with Crippen molar-refractivity contribution in [3.05, 3.63) is 80.9 Å². The third kappa shape index (κ3) is 5.76. The number of urea groups is 1. The molecule has 0 bridgehead atoms. The monoisotopic (exact) mass is 533 g/mol. The molecule has 0 unspecified atom stereocenters. The van der Waals surface area contributed by atoms with E-state index in [1.54, 1.807) is 18.7 Å². The van der Waals surface area contributed by atoms with Gasteiger partial charge >= 0.3 is 12.2 Å². The van der Waals surface area contributed by atoms with Gasteiger partial charge in [0.1, 0.15) is 5.82 Å². The smallest absolute Gasteiger partial charge is 0.331 e. The van der Waals surface area contributed by atoms with Crippen LogP contribution in [0.3, 0.4) is 0 Å². The lowest BCUT2D eigenvalue weighted by Gasteiger charge is -2.29. The zero-order valence-corrected chi connectivity index (χ0v) is 22.1. The number of halogens is 4. The first-order valence-corrected chi connectivity index (χ1v) is 12.8. The Bertz CT molecular complexity index is 1250. The molecule has 0 aliphatic carbocycles. The molecule has 2 heterocycles. The number of benzene rings is 2. The third-order valence-corrected chi connectivity index (χ3v) is 7.26. The molecule has 198 valence electrons. The lowest BCUT2D eigenvalue weighted by molar-refractivity contribution is -0.137. The maximum atomic E-state index is 13.5. The van der Waals surface area contributed by atoms with E-state index in [1.165, 1.54) is 0 Å². The average molecular weight is 534 g/mol. The fraction of sp³-hybridized carbons (Fsp3) is 0.444. The summed E-state index contributed by atoms with van der Waals surface area (Å²) >= 11 is 6.03. The second kappa shape index (κ2) is 10.7. The number of likely N-dealkylation sites (tertiary alicyclic amines) is 1. The minimum Gasteiger partial charge on any atom is -0.331 e. The van der Waals surface area contributed by atoms with Crippen LogP contribution >= 0.6 is 11.6 Å². The normalized spacial score (nSPS) is 16.8. The second-order valence-corrected chi connectivity index (χ2v) is 10.0. The number of carbonyl (C=O) groups is 1. The van der Waals surface area contributed by atoms with Gasteiger partial charge in [-0.15, -0.1) is 10.2 Å². The fourth-order valence-corrected chi connectivity index (χ4v) is 5.31. The highest BCUT2D eigenvalue weighted by molar-refractivity contribution is 6.30. The maximum absolute atomic E-state index is 13.5. The molecule has 0 saturated carbocycles. The highest BCUT2D eigenvalue weighted by Gasteiger charge is 2.36. The standard InChI is InChI=1S/C27H31ClF3N5O/c1-5-22(24-16(2)13-20(14-17(24)3)27(29,30)31)32-26(37)35-12-6-7-23(35)25-34-33-18(4)36(25)15-19-8-10-21(28)11-9-19/h8-11,13-14,22-23H,5-7,12,15H2,1-4H3,(H,32,37)/t22-,23+/m0/s1. The van der Waals surface area contributed by atoms with E-state index in [-0.39, 0.29) is 12.1 Å². The Balaban J connectivity index is 1.56. The number of carbonyl (C=O) groups excluding carboxylic acids is 1. The highest BCUT2D eigenvalue weighted by Crippen LogP contribution is 2.36. The number of amides is 2. The van der Waals surface area contributed by atoms with Crippen molar-refractivity contribution < 1.29 is 18.0 Å². The van der Waals surface area contributed by atoms with Gasteiger partial charge in [-0.05, 0) is 86.6 Å². The first-order valence-electron chi connectivity index (χ1n) is 12.4. The molecule has 1 aliphatic rings. The first-order chi connectivity index (χ1) is 17.5. The minimum absolute atomic E-state index is 0.249. The summed E-state index contributed by atoms with van der Waals surface area (Å²) in [6.45, 7) is 8.23. The molecule has 1 N–H and O–H groups in total. The van der Waals surface area contributed by atoms with Gasteiger partial charge < -0.3 is 14.8 Å². The Hall–Kier alpha value is -3.07. The molecule has 2 amide bonds. The number of alkyl halides is 3. The van der Waals surface area contributed by atoms with E-state index < -0.39 is 17.8 Å². The van der Waals surface area contributed by atoms with Gasteiger partial charge in [0.15, 0.2) is 5.82 Å². The van der Waals surface area contributed by atoms with E-state index in [0.29, 0.717) is 35.7 Å².